The molecule has 3 rings (SSSR count). The average Bonchev–Trinajstić information content (AvgIpc) is 2.60. The molecule has 2 N–H and O–H groups in total. The van der Waals surface area contributed by atoms with Crippen molar-refractivity contribution in [1.82, 2.24) is 4.90 Å². The number of benzene rings is 1. The highest BCUT2D eigenvalue weighted by molar-refractivity contribution is 5.97. The number of hydrogen-bond donors (Lipinski definition) is 1. The number of primary amides is 1. The van der Waals surface area contributed by atoms with E-state index in [0.29, 0.717) is 11.3 Å². The topological polar surface area (TPSA) is 72.6 Å². The monoisotopic (exact) mass is 328 g/mol. The number of carbonyl (C=O) groups is 2. The molecule has 1 atom stereocenters. The summed E-state index contributed by atoms with van der Waals surface area (Å²) in [7, 11) is 0. The van der Waals surface area contributed by atoms with Crippen molar-refractivity contribution in [1.29, 1.82) is 0 Å². The van der Waals surface area contributed by atoms with Crippen LogP contribution in [-0.4, -0.2) is 36.4 Å². The average molecular weight is 328 g/mol. The van der Waals surface area contributed by atoms with Gasteiger partial charge in [-0.2, -0.15) is 0 Å². The van der Waals surface area contributed by atoms with Crippen LogP contribution in [0.15, 0.2) is 36.4 Å². The Morgan fingerprint density at radius 1 is 1.21 bits per heavy atom. The molecule has 5 heteroatoms. The van der Waals surface area contributed by atoms with Gasteiger partial charge in [0.1, 0.15) is 5.75 Å². The summed E-state index contributed by atoms with van der Waals surface area (Å²) in [6.45, 7) is 1.34. The summed E-state index contributed by atoms with van der Waals surface area (Å²) in [4.78, 5) is 25.9. The molecule has 1 saturated heterocycles. The van der Waals surface area contributed by atoms with Gasteiger partial charge in [0.25, 0.3) is 11.8 Å². The second kappa shape index (κ2) is 7.07. The van der Waals surface area contributed by atoms with E-state index < -0.39 is 5.91 Å². The SMILES string of the molecule is NC(=O)COc1ccccc1C(=O)N1CCC[C@@]2(CC=CCC2)C1. The van der Waals surface area contributed by atoms with E-state index >= 15 is 0 Å². The summed E-state index contributed by atoms with van der Waals surface area (Å²) in [5, 5.41) is 0. The van der Waals surface area contributed by atoms with Crippen LogP contribution in [0.4, 0.5) is 0 Å². The Balaban J connectivity index is 1.76. The number of nitrogens with two attached hydrogens (primary N) is 1. The first-order valence-electron chi connectivity index (χ1n) is 8.54. The number of allylic oxidation sites excluding steroid dienone is 2. The molecule has 0 saturated carbocycles. The van der Waals surface area contributed by atoms with E-state index in [1.165, 1.54) is 6.42 Å². The molecule has 2 aliphatic rings. The normalized spacial score (nSPS) is 23.2. The van der Waals surface area contributed by atoms with Crippen LogP contribution in [0.2, 0.25) is 0 Å². The molecule has 24 heavy (non-hydrogen) atoms. The van der Waals surface area contributed by atoms with Crippen LogP contribution in [0.5, 0.6) is 5.75 Å². The fourth-order valence-corrected chi connectivity index (χ4v) is 3.78. The van der Waals surface area contributed by atoms with Gasteiger partial charge >= 0.3 is 0 Å². The van der Waals surface area contributed by atoms with Crippen molar-refractivity contribution in [2.24, 2.45) is 11.1 Å². The zero-order valence-electron chi connectivity index (χ0n) is 13.9. The molecule has 1 spiro atoms. The van der Waals surface area contributed by atoms with Crippen LogP contribution >= 0.6 is 0 Å². The first-order chi connectivity index (χ1) is 11.6. The Morgan fingerprint density at radius 2 is 2.04 bits per heavy atom. The minimum Gasteiger partial charge on any atom is -0.483 e. The molecule has 1 heterocycles. The van der Waals surface area contributed by atoms with Crippen LogP contribution in [0.3, 0.4) is 0 Å². The molecule has 1 aliphatic heterocycles. The summed E-state index contributed by atoms with van der Waals surface area (Å²) < 4.78 is 5.41. The van der Waals surface area contributed by atoms with Gasteiger partial charge in [0.05, 0.1) is 5.56 Å². The lowest BCUT2D eigenvalue weighted by atomic mass is 9.71. The molecule has 0 radical (unpaired) electrons. The molecule has 5 nitrogen and oxygen atoms in total. The standard InChI is InChI=1S/C19H24N2O3/c20-17(22)13-24-16-8-3-2-7-15(16)18(23)21-12-6-11-19(14-21)9-4-1-5-10-19/h1-4,7-8H,5-6,9-14H2,(H2,20,22)/t19-/m0/s1. The van der Waals surface area contributed by atoms with Gasteiger partial charge in [-0.15, -0.1) is 0 Å². The lowest BCUT2D eigenvalue weighted by molar-refractivity contribution is -0.119. The molecule has 0 aromatic heterocycles. The highest BCUT2D eigenvalue weighted by Gasteiger charge is 2.37. The Bertz CT molecular complexity index is 656. The number of rotatable bonds is 4. The number of likely N-dealkylation sites (tertiary alicyclic amines) is 1. The number of amides is 2. The summed E-state index contributed by atoms with van der Waals surface area (Å²) in [5.41, 5.74) is 5.87. The number of carbonyl (C=O) groups excluding carboxylic acids is 2. The van der Waals surface area contributed by atoms with Crippen molar-refractivity contribution in [3.05, 3.63) is 42.0 Å². The fraction of sp³-hybridized carbons (Fsp3) is 0.474. The van der Waals surface area contributed by atoms with Gasteiger partial charge in [0, 0.05) is 13.1 Å². The van der Waals surface area contributed by atoms with Gasteiger partial charge < -0.3 is 15.4 Å². The van der Waals surface area contributed by atoms with Gasteiger partial charge in [-0.05, 0) is 49.7 Å². The fourth-order valence-electron chi connectivity index (χ4n) is 3.78. The van der Waals surface area contributed by atoms with Crippen LogP contribution in [0.1, 0.15) is 42.5 Å². The van der Waals surface area contributed by atoms with Crippen LogP contribution in [0, 0.1) is 5.41 Å². The molecular formula is C19H24N2O3. The van der Waals surface area contributed by atoms with Crippen LogP contribution in [-0.2, 0) is 4.79 Å². The summed E-state index contributed by atoms with van der Waals surface area (Å²) in [6.07, 6.45) is 10.00. The predicted molar refractivity (Wildman–Crippen MR) is 91.7 cm³/mol. The zero-order chi connectivity index (χ0) is 17.0. The van der Waals surface area contributed by atoms with Crippen molar-refractivity contribution < 1.29 is 14.3 Å². The maximum Gasteiger partial charge on any atom is 0.257 e. The third-order valence-corrected chi connectivity index (χ3v) is 4.99. The molecule has 1 aliphatic carbocycles. The maximum atomic E-state index is 13.0. The minimum atomic E-state index is -0.553. The first-order valence-corrected chi connectivity index (χ1v) is 8.54. The second-order valence-electron chi connectivity index (χ2n) is 6.80. The minimum absolute atomic E-state index is 0.0244. The van der Waals surface area contributed by atoms with Crippen molar-refractivity contribution >= 4 is 11.8 Å². The predicted octanol–water partition coefficient (Wildman–Crippen LogP) is 2.51. The molecule has 128 valence electrons. The zero-order valence-corrected chi connectivity index (χ0v) is 13.9. The van der Waals surface area contributed by atoms with Gasteiger partial charge in [-0.25, -0.2) is 0 Å². The largest absolute Gasteiger partial charge is 0.483 e. The highest BCUT2D eigenvalue weighted by atomic mass is 16.5. The molecule has 0 unspecified atom stereocenters. The molecular weight excluding hydrogens is 304 g/mol. The molecule has 2 amide bonds. The maximum absolute atomic E-state index is 13.0. The number of ether oxygens (including phenoxy) is 1. The van der Waals surface area contributed by atoms with Crippen molar-refractivity contribution in [3.63, 3.8) is 0 Å². The highest BCUT2D eigenvalue weighted by Crippen LogP contribution is 2.41. The van der Waals surface area contributed by atoms with E-state index in [1.807, 2.05) is 11.0 Å². The van der Waals surface area contributed by atoms with Crippen molar-refractivity contribution in [2.45, 2.75) is 32.1 Å². The Kier molecular flexibility index (Phi) is 4.88. The van der Waals surface area contributed by atoms with Gasteiger partial charge in [0.2, 0.25) is 0 Å². The van der Waals surface area contributed by atoms with E-state index in [-0.39, 0.29) is 17.9 Å². The smallest absolute Gasteiger partial charge is 0.257 e. The second-order valence-corrected chi connectivity index (χ2v) is 6.80. The molecule has 1 fully saturated rings. The van der Waals surface area contributed by atoms with Crippen LogP contribution in [0.25, 0.3) is 0 Å². The third-order valence-electron chi connectivity index (χ3n) is 4.99. The quantitative estimate of drug-likeness (QED) is 0.863. The third kappa shape index (κ3) is 3.61. The summed E-state index contributed by atoms with van der Waals surface area (Å²) in [5.74, 6) is -0.156. The van der Waals surface area contributed by atoms with E-state index in [2.05, 4.69) is 12.2 Å². The lowest BCUT2D eigenvalue weighted by Crippen LogP contribution is -2.46. The van der Waals surface area contributed by atoms with E-state index in [9.17, 15) is 9.59 Å². The van der Waals surface area contributed by atoms with Crippen LogP contribution < -0.4 is 10.5 Å². The van der Waals surface area contributed by atoms with Gasteiger partial charge in [-0.1, -0.05) is 24.3 Å². The lowest BCUT2D eigenvalue weighted by Gasteiger charge is -2.44. The van der Waals surface area contributed by atoms with Gasteiger partial charge in [0.15, 0.2) is 6.61 Å². The number of para-hydroxylation sites is 1. The molecule has 1 aromatic rings. The van der Waals surface area contributed by atoms with Crippen molar-refractivity contribution in [2.75, 3.05) is 19.7 Å². The number of nitrogens with zero attached hydrogens (tertiary/aromatic N) is 1. The Morgan fingerprint density at radius 3 is 2.79 bits per heavy atom. The van der Waals surface area contributed by atoms with Crippen molar-refractivity contribution in [3.8, 4) is 5.75 Å². The number of piperidine rings is 1. The first kappa shape index (κ1) is 16.6. The van der Waals surface area contributed by atoms with E-state index in [0.717, 1.165) is 38.8 Å². The summed E-state index contributed by atoms with van der Waals surface area (Å²) >= 11 is 0. The molecule has 0 bridgehead atoms. The Labute approximate surface area is 142 Å². The van der Waals surface area contributed by atoms with E-state index in [4.69, 9.17) is 10.5 Å². The van der Waals surface area contributed by atoms with E-state index in [1.54, 1.807) is 18.2 Å². The van der Waals surface area contributed by atoms with Gasteiger partial charge in [-0.3, -0.25) is 9.59 Å². The summed E-state index contributed by atoms with van der Waals surface area (Å²) in [6, 6.07) is 7.06. The molecule has 1 aromatic carbocycles. The Hall–Kier alpha value is -2.30. The number of hydrogen-bond acceptors (Lipinski definition) is 3.